The van der Waals surface area contributed by atoms with Gasteiger partial charge in [0.05, 0.1) is 10.5 Å². The summed E-state index contributed by atoms with van der Waals surface area (Å²) in [6, 6.07) is 20.1. The lowest BCUT2D eigenvalue weighted by Gasteiger charge is -2.19. The van der Waals surface area contributed by atoms with Crippen LogP contribution < -0.4 is 4.18 Å². The molecule has 1 atom stereocenters. The van der Waals surface area contributed by atoms with E-state index in [-0.39, 0.29) is 28.4 Å². The van der Waals surface area contributed by atoms with Gasteiger partial charge in [-0.25, -0.2) is 4.21 Å². The maximum Gasteiger partial charge on any atom is 0.240 e. The van der Waals surface area contributed by atoms with E-state index in [1.54, 1.807) is 66.7 Å². The van der Waals surface area contributed by atoms with Gasteiger partial charge in [0.15, 0.2) is 17.3 Å². The second kappa shape index (κ2) is 6.11. The highest BCUT2D eigenvalue weighted by atomic mass is 32.2. The minimum Gasteiger partial charge on any atom is -0.396 e. The molecule has 1 unspecified atom stereocenters. The minimum atomic E-state index is -1.78. The summed E-state index contributed by atoms with van der Waals surface area (Å²) in [7, 11) is 0. The number of benzene rings is 3. The van der Waals surface area contributed by atoms with Crippen LogP contribution >= 0.6 is 0 Å². The van der Waals surface area contributed by atoms with Crippen LogP contribution in [-0.4, -0.2) is 15.8 Å². The van der Waals surface area contributed by atoms with Crippen LogP contribution in [0.1, 0.15) is 31.8 Å². The van der Waals surface area contributed by atoms with E-state index in [9.17, 15) is 13.8 Å². The molecule has 25 heavy (non-hydrogen) atoms. The molecule has 0 fully saturated rings. The number of fused-ring (bicyclic) bond motifs is 2. The zero-order valence-electron chi connectivity index (χ0n) is 13.0. The van der Waals surface area contributed by atoms with Crippen molar-refractivity contribution in [1.29, 1.82) is 0 Å². The van der Waals surface area contributed by atoms with Crippen molar-refractivity contribution in [2.45, 2.75) is 4.90 Å². The molecule has 3 aromatic rings. The molecule has 4 rings (SSSR count). The molecule has 1 aliphatic rings. The van der Waals surface area contributed by atoms with Crippen LogP contribution in [0.3, 0.4) is 0 Å². The van der Waals surface area contributed by atoms with Crippen molar-refractivity contribution in [3.05, 3.63) is 95.1 Å². The van der Waals surface area contributed by atoms with Crippen LogP contribution in [0.5, 0.6) is 5.75 Å². The van der Waals surface area contributed by atoms with Crippen LogP contribution in [0.15, 0.2) is 77.7 Å². The summed E-state index contributed by atoms with van der Waals surface area (Å²) in [4.78, 5) is 26.0. The molecule has 0 saturated carbocycles. The number of carbonyl (C=O) groups excluding carboxylic acids is 2. The van der Waals surface area contributed by atoms with E-state index in [2.05, 4.69) is 0 Å². The van der Waals surface area contributed by atoms with Crippen molar-refractivity contribution < 1.29 is 18.0 Å². The van der Waals surface area contributed by atoms with E-state index in [1.165, 1.54) is 0 Å². The Labute approximate surface area is 146 Å². The standard InChI is InChI=1S/C20H12O4S/c21-19-14-9-4-5-10-15(14)20(22)18-16(19)11-6-12-17(18)24-25(23)13-7-2-1-3-8-13/h1-12H. The highest BCUT2D eigenvalue weighted by molar-refractivity contribution is 7.80. The topological polar surface area (TPSA) is 60.4 Å². The third-order valence-electron chi connectivity index (χ3n) is 4.02. The second-order valence-corrected chi connectivity index (χ2v) is 6.62. The zero-order chi connectivity index (χ0) is 17.4. The third-order valence-corrected chi connectivity index (χ3v) is 5.00. The lowest BCUT2D eigenvalue weighted by atomic mass is 9.84. The predicted molar refractivity (Wildman–Crippen MR) is 93.2 cm³/mol. The average Bonchev–Trinajstić information content (AvgIpc) is 2.66. The molecule has 1 aliphatic carbocycles. The monoisotopic (exact) mass is 348 g/mol. The van der Waals surface area contributed by atoms with Gasteiger partial charge in [-0.2, -0.15) is 0 Å². The molecular formula is C20H12O4S. The zero-order valence-corrected chi connectivity index (χ0v) is 13.8. The molecule has 4 nitrogen and oxygen atoms in total. The number of hydrogen-bond acceptors (Lipinski definition) is 4. The van der Waals surface area contributed by atoms with Crippen LogP contribution in [-0.2, 0) is 11.1 Å². The first-order valence-electron chi connectivity index (χ1n) is 7.63. The summed E-state index contributed by atoms with van der Waals surface area (Å²) in [6.07, 6.45) is 0. The summed E-state index contributed by atoms with van der Waals surface area (Å²) < 4.78 is 18.0. The Balaban J connectivity index is 1.79. The molecule has 0 amide bonds. The first kappa shape index (κ1) is 15.5. The van der Waals surface area contributed by atoms with Gasteiger partial charge in [-0.1, -0.05) is 54.6 Å². The highest BCUT2D eigenvalue weighted by Crippen LogP contribution is 2.33. The molecule has 0 spiro atoms. The van der Waals surface area contributed by atoms with E-state index in [1.807, 2.05) is 6.07 Å². The van der Waals surface area contributed by atoms with Gasteiger partial charge in [-0.05, 0) is 18.2 Å². The van der Waals surface area contributed by atoms with Gasteiger partial charge in [0, 0.05) is 16.7 Å². The van der Waals surface area contributed by atoms with Crippen LogP contribution in [0.25, 0.3) is 0 Å². The molecule has 0 aliphatic heterocycles. The Bertz CT molecular complexity index is 1020. The average molecular weight is 348 g/mol. The molecule has 5 heteroatoms. The largest absolute Gasteiger partial charge is 0.396 e. The Morgan fingerprint density at radius 1 is 0.640 bits per heavy atom. The number of ketones is 2. The molecule has 0 radical (unpaired) electrons. The van der Waals surface area contributed by atoms with Gasteiger partial charge in [0.1, 0.15) is 0 Å². The Kier molecular flexibility index (Phi) is 3.78. The number of carbonyl (C=O) groups is 2. The SMILES string of the molecule is O=C1c2ccccc2C(=O)c2c(OS(=O)c3ccccc3)cccc21. The van der Waals surface area contributed by atoms with E-state index in [4.69, 9.17) is 4.18 Å². The predicted octanol–water partition coefficient (Wildman–Crippen LogP) is 3.56. The molecule has 0 saturated heterocycles. The Morgan fingerprint density at radius 3 is 1.96 bits per heavy atom. The molecule has 0 heterocycles. The van der Waals surface area contributed by atoms with E-state index in [0.29, 0.717) is 16.0 Å². The summed E-state index contributed by atoms with van der Waals surface area (Å²) in [6.45, 7) is 0. The fraction of sp³-hybridized carbons (Fsp3) is 0. The Hall–Kier alpha value is -3.05. The maximum absolute atomic E-state index is 12.9. The number of rotatable bonds is 3. The summed E-state index contributed by atoms with van der Waals surface area (Å²) in [5.74, 6) is -0.389. The van der Waals surface area contributed by atoms with E-state index in [0.717, 1.165) is 0 Å². The van der Waals surface area contributed by atoms with E-state index >= 15 is 0 Å². The second-order valence-electron chi connectivity index (χ2n) is 5.51. The maximum atomic E-state index is 12.9. The summed E-state index contributed by atoms with van der Waals surface area (Å²) in [5, 5.41) is 0. The first-order chi connectivity index (χ1) is 12.2. The molecule has 0 N–H and O–H groups in total. The van der Waals surface area contributed by atoms with Gasteiger partial charge < -0.3 is 4.18 Å². The smallest absolute Gasteiger partial charge is 0.240 e. The van der Waals surface area contributed by atoms with Gasteiger partial charge in [0.2, 0.25) is 11.1 Å². The van der Waals surface area contributed by atoms with Gasteiger partial charge in [0.25, 0.3) is 0 Å². The van der Waals surface area contributed by atoms with Gasteiger partial charge in [-0.15, -0.1) is 0 Å². The van der Waals surface area contributed by atoms with Gasteiger partial charge >= 0.3 is 0 Å². The normalized spacial score (nSPS) is 13.8. The quantitative estimate of drug-likeness (QED) is 0.568. The lowest BCUT2D eigenvalue weighted by molar-refractivity contribution is 0.0977. The van der Waals surface area contributed by atoms with E-state index < -0.39 is 11.1 Å². The van der Waals surface area contributed by atoms with Crippen molar-refractivity contribution in [2.75, 3.05) is 0 Å². The molecule has 122 valence electrons. The highest BCUT2D eigenvalue weighted by Gasteiger charge is 2.32. The van der Waals surface area contributed by atoms with Crippen molar-refractivity contribution in [1.82, 2.24) is 0 Å². The van der Waals surface area contributed by atoms with Crippen molar-refractivity contribution in [3.8, 4) is 5.75 Å². The van der Waals surface area contributed by atoms with Crippen molar-refractivity contribution in [3.63, 3.8) is 0 Å². The summed E-state index contributed by atoms with van der Waals surface area (Å²) in [5.41, 5.74) is 1.14. The molecular weight excluding hydrogens is 336 g/mol. The first-order valence-corrected chi connectivity index (χ1v) is 8.71. The van der Waals surface area contributed by atoms with Crippen LogP contribution in [0.4, 0.5) is 0 Å². The fourth-order valence-corrected chi connectivity index (χ4v) is 3.62. The minimum absolute atomic E-state index is 0.146. The Morgan fingerprint density at radius 2 is 1.24 bits per heavy atom. The van der Waals surface area contributed by atoms with Crippen molar-refractivity contribution >= 4 is 22.6 Å². The lowest BCUT2D eigenvalue weighted by Crippen LogP contribution is -2.22. The molecule has 0 aromatic heterocycles. The van der Waals surface area contributed by atoms with Crippen LogP contribution in [0, 0.1) is 0 Å². The number of hydrogen-bond donors (Lipinski definition) is 0. The third kappa shape index (κ3) is 2.58. The van der Waals surface area contributed by atoms with Gasteiger partial charge in [-0.3, -0.25) is 9.59 Å². The molecule has 3 aromatic carbocycles. The van der Waals surface area contributed by atoms with Crippen LogP contribution in [0.2, 0.25) is 0 Å². The molecule has 0 bridgehead atoms. The fourth-order valence-electron chi connectivity index (χ4n) is 2.84. The summed E-state index contributed by atoms with van der Waals surface area (Å²) >= 11 is -1.78. The van der Waals surface area contributed by atoms with Crippen molar-refractivity contribution in [2.24, 2.45) is 0 Å².